The van der Waals surface area contributed by atoms with Crippen LogP contribution < -0.4 is 26.2 Å². The molecular formula is C98H85BN4O. The molecule has 0 saturated heterocycles. The lowest BCUT2D eigenvalue weighted by Gasteiger charge is -2.53. The highest BCUT2D eigenvalue weighted by atomic mass is 16.3. The molecule has 0 amide bonds. The Morgan fingerprint density at radius 3 is 1.56 bits per heavy atom. The van der Waals surface area contributed by atoms with Crippen LogP contribution in [0.1, 0.15) is 98.5 Å². The van der Waals surface area contributed by atoms with Crippen LogP contribution in [0.4, 0.5) is 28.4 Å². The Morgan fingerprint density at radius 1 is 0.442 bits per heavy atom. The van der Waals surface area contributed by atoms with Gasteiger partial charge < -0.3 is 23.4 Å². The summed E-state index contributed by atoms with van der Waals surface area (Å²) in [7, 11) is 0. The SMILES string of the molecule is CC(C)(C)c1cc(-c2ccccc2)c(N2c3cc(-n4c5ccccc5c5ccccc54)ccc3B3c4ccc(-n5c6ccccc6c6ccccc65)cc4N(C4C(C5CC=CCC5)=CC(C(C)(C)C)CC4C4=CCCCC4)c4cc(-c5ccc6oc7ccccc7c6c5)cc2c43)c(-c2ccccc2)c1. The van der Waals surface area contributed by atoms with Gasteiger partial charge in [-0.15, -0.1) is 0 Å². The fourth-order valence-electron chi connectivity index (χ4n) is 19.3. The van der Waals surface area contributed by atoms with E-state index in [0.717, 1.165) is 83.1 Å². The minimum atomic E-state index is -0.191. The molecule has 3 aliphatic carbocycles. The van der Waals surface area contributed by atoms with Crippen LogP contribution in [0.2, 0.25) is 0 Å². The van der Waals surface area contributed by atoms with Gasteiger partial charge in [0.25, 0.3) is 6.71 Å². The fourth-order valence-corrected chi connectivity index (χ4v) is 19.3. The van der Waals surface area contributed by atoms with Crippen LogP contribution in [0.15, 0.2) is 301 Å². The van der Waals surface area contributed by atoms with Crippen molar-refractivity contribution in [2.75, 3.05) is 9.80 Å². The van der Waals surface area contributed by atoms with Gasteiger partial charge in [0, 0.05) is 83.5 Å². The third-order valence-electron chi connectivity index (χ3n) is 24.4. The Kier molecular flexibility index (Phi) is 14.6. The largest absolute Gasteiger partial charge is 0.456 e. The third kappa shape index (κ3) is 10.0. The van der Waals surface area contributed by atoms with Crippen LogP contribution >= 0.6 is 0 Å². The lowest BCUT2D eigenvalue weighted by atomic mass is 9.33. The monoisotopic (exact) mass is 1340 g/mol. The first-order chi connectivity index (χ1) is 50.9. The number of fused-ring (bicyclic) bond motifs is 13. The van der Waals surface area contributed by atoms with Crippen molar-refractivity contribution in [2.24, 2.45) is 23.2 Å². The van der Waals surface area contributed by atoms with E-state index in [1.807, 2.05) is 0 Å². The summed E-state index contributed by atoms with van der Waals surface area (Å²) in [6.07, 6.45) is 19.6. The maximum absolute atomic E-state index is 6.72. The number of aromatic nitrogens is 2. The summed E-state index contributed by atoms with van der Waals surface area (Å²) in [6.45, 7) is 14.5. The molecule has 12 aromatic carbocycles. The highest BCUT2D eigenvalue weighted by Crippen LogP contribution is 2.56. The van der Waals surface area contributed by atoms with Crippen molar-refractivity contribution in [3.05, 3.63) is 302 Å². The number of rotatable bonds is 9. The number of hydrogen-bond acceptors (Lipinski definition) is 3. The van der Waals surface area contributed by atoms with Crippen LogP contribution in [0, 0.1) is 23.2 Å². The Hall–Kier alpha value is -11.1. The number of benzene rings is 12. The van der Waals surface area contributed by atoms with Crippen molar-refractivity contribution in [1.82, 2.24) is 9.13 Å². The van der Waals surface area contributed by atoms with Gasteiger partial charge in [-0.2, -0.15) is 0 Å². The van der Waals surface area contributed by atoms with Gasteiger partial charge in [-0.1, -0.05) is 241 Å². The quantitative estimate of drug-likeness (QED) is 0.107. The van der Waals surface area contributed by atoms with Gasteiger partial charge in [0.05, 0.1) is 33.8 Å². The second kappa shape index (κ2) is 24.3. The molecule has 3 aromatic heterocycles. The Labute approximate surface area is 610 Å². The zero-order valence-electron chi connectivity index (χ0n) is 60.4. The van der Waals surface area contributed by atoms with Crippen molar-refractivity contribution >= 4 is 117 Å². The van der Waals surface area contributed by atoms with Crippen molar-refractivity contribution in [2.45, 2.75) is 104 Å². The molecule has 15 aromatic rings. The van der Waals surface area contributed by atoms with Crippen molar-refractivity contribution in [1.29, 1.82) is 0 Å². The molecule has 2 aliphatic heterocycles. The summed E-state index contributed by atoms with van der Waals surface area (Å²) in [6, 6.07) is 100.0. The molecule has 104 heavy (non-hydrogen) atoms. The maximum Gasteiger partial charge on any atom is 0.252 e. The molecule has 0 spiro atoms. The second-order valence-electron chi connectivity index (χ2n) is 32.4. The maximum atomic E-state index is 6.72. The van der Waals surface area contributed by atoms with Crippen LogP contribution in [0.3, 0.4) is 0 Å². The fraction of sp³-hybridized carbons (Fsp3) is 0.204. The van der Waals surface area contributed by atoms with E-state index in [2.05, 4.69) is 346 Å². The lowest BCUT2D eigenvalue weighted by molar-refractivity contribution is 0.220. The molecule has 0 bridgehead atoms. The number of anilines is 5. The molecule has 0 radical (unpaired) electrons. The van der Waals surface area contributed by atoms with E-state index in [9.17, 15) is 0 Å². The van der Waals surface area contributed by atoms with Crippen molar-refractivity contribution < 1.29 is 4.42 Å². The minimum Gasteiger partial charge on any atom is -0.456 e. The molecular weight excluding hydrogens is 1260 g/mol. The smallest absolute Gasteiger partial charge is 0.252 e. The normalized spacial score (nSPS) is 18.2. The molecule has 0 saturated carbocycles. The number of nitrogens with zero attached hydrogens (tertiary/aromatic N) is 4. The van der Waals surface area contributed by atoms with Gasteiger partial charge in [0.1, 0.15) is 11.2 Å². The van der Waals surface area contributed by atoms with E-state index in [-0.39, 0.29) is 29.5 Å². The standard InChI is InChI=1S/C98H85BN4O/c1-97(2,3)68-56-77(62-29-11-7-12-30-62)95(78(57-68)63-31-13-8-14-32-63)102-88-60-70(100-84-42-24-19-37-72(84)73-38-20-25-43-85(73)100)48-50-82(88)99-83-51-49-71(101-86-44-26-21-39-74(86)75-40-22-27-45-87(75)101)61-89(83)103(91-55-67(54-90(102)94(91)99)66-47-52-93-81(53-66)76-41-23-28-46-92(76)104-93)96-79(64-33-15-9-16-34-64)58-69(98(4,5)6)59-80(96)65-35-17-10-18-36-65/h7-9,11-15,19-32,35,37-58,60-61,64,69,80,96H,10,16-18,33-34,36,59H2,1-6H3. The summed E-state index contributed by atoms with van der Waals surface area (Å²) in [4.78, 5) is 5.79. The molecule has 5 aliphatic rings. The minimum absolute atomic E-state index is 0.000512. The summed E-state index contributed by atoms with van der Waals surface area (Å²) >= 11 is 0. The predicted molar refractivity (Wildman–Crippen MR) is 441 cm³/mol. The predicted octanol–water partition coefficient (Wildman–Crippen LogP) is 24.7. The summed E-state index contributed by atoms with van der Waals surface area (Å²) in [5.41, 5.74) is 30.4. The molecule has 4 unspecified atom stereocenters. The molecule has 4 atom stereocenters. The molecule has 5 heterocycles. The molecule has 0 fully saturated rings. The number of para-hydroxylation sites is 5. The first kappa shape index (κ1) is 62.7. The van der Waals surface area contributed by atoms with Crippen LogP contribution in [-0.2, 0) is 5.41 Å². The zero-order valence-corrected chi connectivity index (χ0v) is 60.4. The Bertz CT molecular complexity index is 5910. The van der Waals surface area contributed by atoms with E-state index >= 15 is 0 Å². The zero-order chi connectivity index (χ0) is 69.7. The highest BCUT2D eigenvalue weighted by molar-refractivity contribution is 7.00. The lowest BCUT2D eigenvalue weighted by Crippen LogP contribution is -2.64. The van der Waals surface area contributed by atoms with E-state index in [0.29, 0.717) is 11.8 Å². The van der Waals surface area contributed by atoms with Gasteiger partial charge in [-0.05, 0) is 215 Å². The number of allylic oxidation sites excluding steroid dienone is 4. The van der Waals surface area contributed by atoms with Gasteiger partial charge in [-0.25, -0.2) is 0 Å². The Morgan fingerprint density at radius 2 is 0.990 bits per heavy atom. The van der Waals surface area contributed by atoms with E-state index < -0.39 is 0 Å². The molecule has 5 nitrogen and oxygen atoms in total. The molecule has 20 rings (SSSR count). The third-order valence-corrected chi connectivity index (χ3v) is 24.4. The summed E-state index contributed by atoms with van der Waals surface area (Å²) in [5, 5.41) is 7.26. The highest BCUT2D eigenvalue weighted by Gasteiger charge is 2.50. The number of hydrogen-bond donors (Lipinski definition) is 0. The average Bonchev–Trinajstić information content (AvgIpc) is 0.775. The van der Waals surface area contributed by atoms with Crippen molar-refractivity contribution in [3.8, 4) is 44.8 Å². The van der Waals surface area contributed by atoms with Gasteiger partial charge in [-0.3, -0.25) is 0 Å². The van der Waals surface area contributed by atoms with Gasteiger partial charge in [0.15, 0.2) is 0 Å². The molecule has 0 N–H and O–H groups in total. The van der Waals surface area contributed by atoms with E-state index in [1.165, 1.54) is 129 Å². The average molecular weight is 1350 g/mol. The summed E-state index contributed by atoms with van der Waals surface area (Å²) in [5.74, 6) is 1.01. The van der Waals surface area contributed by atoms with E-state index in [4.69, 9.17) is 4.42 Å². The van der Waals surface area contributed by atoms with Crippen LogP contribution in [-0.4, -0.2) is 21.9 Å². The number of furan rings is 1. The van der Waals surface area contributed by atoms with Crippen LogP contribution in [0.5, 0.6) is 0 Å². The van der Waals surface area contributed by atoms with Gasteiger partial charge >= 0.3 is 0 Å². The molecule has 6 heteroatoms. The van der Waals surface area contributed by atoms with Crippen LogP contribution in [0.25, 0.3) is 110 Å². The second-order valence-corrected chi connectivity index (χ2v) is 32.4. The molecule has 506 valence electrons. The first-order valence-corrected chi connectivity index (χ1v) is 38.2. The summed E-state index contributed by atoms with van der Waals surface area (Å²) < 4.78 is 11.8. The topological polar surface area (TPSA) is 29.5 Å². The Balaban J connectivity index is 0.970. The van der Waals surface area contributed by atoms with E-state index in [1.54, 1.807) is 11.1 Å². The van der Waals surface area contributed by atoms with Crippen molar-refractivity contribution in [3.63, 3.8) is 0 Å². The first-order valence-electron chi connectivity index (χ1n) is 38.2. The van der Waals surface area contributed by atoms with Gasteiger partial charge in [0.2, 0.25) is 0 Å².